The van der Waals surface area contributed by atoms with Gasteiger partial charge in [0.25, 0.3) is 0 Å². The summed E-state index contributed by atoms with van der Waals surface area (Å²) in [6.07, 6.45) is 2.18. The zero-order chi connectivity index (χ0) is 16.1. The van der Waals surface area contributed by atoms with Crippen molar-refractivity contribution in [2.45, 2.75) is 59.9 Å². The molecule has 1 fully saturated rings. The Kier molecular flexibility index (Phi) is 6.67. The molecule has 21 heavy (non-hydrogen) atoms. The largest absolute Gasteiger partial charge is 0.340 e. The molecular formula is C17H35N3O. The van der Waals surface area contributed by atoms with Crippen molar-refractivity contribution in [3.63, 3.8) is 0 Å². The van der Waals surface area contributed by atoms with Crippen LogP contribution in [0.5, 0.6) is 0 Å². The average molecular weight is 297 g/mol. The Morgan fingerprint density at radius 2 is 1.71 bits per heavy atom. The standard InChI is InChI=1S/C17H35N3O/c1-16(2,3)8-11-19-12-13-20(15(21)14-19)10-7-9-18-17(4,5)6/h18H,7-14H2,1-6H3. The highest BCUT2D eigenvalue weighted by atomic mass is 16.2. The van der Waals surface area contributed by atoms with Gasteiger partial charge >= 0.3 is 0 Å². The average Bonchev–Trinajstić information content (AvgIpc) is 2.32. The smallest absolute Gasteiger partial charge is 0.236 e. The van der Waals surface area contributed by atoms with E-state index < -0.39 is 0 Å². The van der Waals surface area contributed by atoms with Gasteiger partial charge in [0.2, 0.25) is 5.91 Å². The molecule has 1 N–H and O–H groups in total. The highest BCUT2D eigenvalue weighted by Gasteiger charge is 2.24. The molecule has 0 aliphatic carbocycles. The SMILES string of the molecule is CC(C)(C)CCN1CCN(CCCNC(C)(C)C)C(=O)C1. The summed E-state index contributed by atoms with van der Waals surface area (Å²) in [5, 5.41) is 3.47. The molecule has 0 spiro atoms. The van der Waals surface area contributed by atoms with Crippen LogP contribution in [0.15, 0.2) is 0 Å². The van der Waals surface area contributed by atoms with E-state index in [0.29, 0.717) is 17.9 Å². The number of amides is 1. The van der Waals surface area contributed by atoms with Gasteiger partial charge < -0.3 is 10.2 Å². The minimum Gasteiger partial charge on any atom is -0.340 e. The maximum Gasteiger partial charge on any atom is 0.236 e. The van der Waals surface area contributed by atoms with Crippen molar-refractivity contribution in [1.82, 2.24) is 15.1 Å². The van der Waals surface area contributed by atoms with Crippen LogP contribution < -0.4 is 5.32 Å². The van der Waals surface area contributed by atoms with Gasteiger partial charge in [-0.3, -0.25) is 9.69 Å². The van der Waals surface area contributed by atoms with Gasteiger partial charge in [-0.2, -0.15) is 0 Å². The zero-order valence-corrected chi connectivity index (χ0v) is 15.0. The van der Waals surface area contributed by atoms with E-state index in [1.807, 2.05) is 4.90 Å². The summed E-state index contributed by atoms with van der Waals surface area (Å²) in [5.41, 5.74) is 0.508. The highest BCUT2D eigenvalue weighted by molar-refractivity contribution is 5.79. The van der Waals surface area contributed by atoms with Gasteiger partial charge in [0, 0.05) is 25.2 Å². The summed E-state index contributed by atoms with van der Waals surface area (Å²) in [4.78, 5) is 16.5. The third-order valence-corrected chi connectivity index (χ3v) is 3.84. The lowest BCUT2D eigenvalue weighted by Gasteiger charge is -2.35. The summed E-state index contributed by atoms with van der Waals surface area (Å²) in [5.74, 6) is 0.297. The van der Waals surface area contributed by atoms with E-state index in [1.54, 1.807) is 0 Å². The molecule has 4 heteroatoms. The predicted octanol–water partition coefficient (Wildman–Crippen LogP) is 2.34. The van der Waals surface area contributed by atoms with E-state index in [1.165, 1.54) is 0 Å². The molecule has 1 aliphatic rings. The van der Waals surface area contributed by atoms with Gasteiger partial charge in [-0.05, 0) is 52.1 Å². The first kappa shape index (κ1) is 18.4. The third kappa shape index (κ3) is 8.42. The van der Waals surface area contributed by atoms with Crippen molar-refractivity contribution in [1.29, 1.82) is 0 Å². The quantitative estimate of drug-likeness (QED) is 0.764. The topological polar surface area (TPSA) is 35.6 Å². The number of hydrogen-bond acceptors (Lipinski definition) is 3. The van der Waals surface area contributed by atoms with Gasteiger partial charge in [0.05, 0.1) is 6.54 Å². The van der Waals surface area contributed by atoms with Crippen LogP contribution in [0.25, 0.3) is 0 Å². The van der Waals surface area contributed by atoms with E-state index in [-0.39, 0.29) is 5.54 Å². The maximum atomic E-state index is 12.2. The van der Waals surface area contributed by atoms with Crippen molar-refractivity contribution >= 4 is 5.91 Å². The number of nitrogens with zero attached hydrogens (tertiary/aromatic N) is 2. The van der Waals surface area contributed by atoms with Gasteiger partial charge in [0.1, 0.15) is 0 Å². The molecule has 1 aliphatic heterocycles. The minimum atomic E-state index is 0.162. The Hall–Kier alpha value is -0.610. The van der Waals surface area contributed by atoms with Crippen LogP contribution in [0.2, 0.25) is 0 Å². The van der Waals surface area contributed by atoms with Gasteiger partial charge in [-0.25, -0.2) is 0 Å². The molecule has 0 unspecified atom stereocenters. The van der Waals surface area contributed by atoms with Crippen molar-refractivity contribution in [3.05, 3.63) is 0 Å². The summed E-state index contributed by atoms with van der Waals surface area (Å²) in [6, 6.07) is 0. The Bertz CT molecular complexity index is 328. The number of piperazine rings is 1. The second-order valence-corrected chi connectivity index (χ2v) is 8.50. The molecule has 4 nitrogen and oxygen atoms in total. The first-order valence-corrected chi connectivity index (χ1v) is 8.32. The lowest BCUT2D eigenvalue weighted by Crippen LogP contribution is -2.51. The fourth-order valence-electron chi connectivity index (χ4n) is 2.41. The van der Waals surface area contributed by atoms with E-state index in [4.69, 9.17) is 0 Å². The van der Waals surface area contributed by atoms with Crippen LogP contribution in [0, 0.1) is 5.41 Å². The van der Waals surface area contributed by atoms with Crippen molar-refractivity contribution in [2.75, 3.05) is 39.3 Å². The molecule has 0 saturated carbocycles. The molecule has 124 valence electrons. The number of hydrogen-bond donors (Lipinski definition) is 1. The first-order chi connectivity index (χ1) is 9.57. The third-order valence-electron chi connectivity index (χ3n) is 3.84. The predicted molar refractivity (Wildman–Crippen MR) is 89.5 cm³/mol. The van der Waals surface area contributed by atoms with E-state index in [2.05, 4.69) is 51.8 Å². The van der Waals surface area contributed by atoms with Crippen molar-refractivity contribution < 1.29 is 4.79 Å². The molecule has 0 aromatic heterocycles. The molecule has 1 heterocycles. The van der Waals surface area contributed by atoms with E-state index in [0.717, 1.165) is 45.6 Å². The normalized spacial score (nSPS) is 18.4. The van der Waals surface area contributed by atoms with Gasteiger partial charge in [-0.1, -0.05) is 20.8 Å². The molecule has 0 aromatic carbocycles. The van der Waals surface area contributed by atoms with Gasteiger partial charge in [0.15, 0.2) is 0 Å². The van der Waals surface area contributed by atoms with Gasteiger partial charge in [-0.15, -0.1) is 0 Å². The molecule has 0 atom stereocenters. The molecular weight excluding hydrogens is 262 g/mol. The fourth-order valence-corrected chi connectivity index (χ4v) is 2.41. The Morgan fingerprint density at radius 1 is 1.05 bits per heavy atom. The van der Waals surface area contributed by atoms with Crippen LogP contribution in [0.1, 0.15) is 54.4 Å². The summed E-state index contributed by atoms with van der Waals surface area (Å²) >= 11 is 0. The number of nitrogens with one attached hydrogen (secondary N) is 1. The molecule has 0 aromatic rings. The van der Waals surface area contributed by atoms with Crippen LogP contribution >= 0.6 is 0 Å². The highest BCUT2D eigenvalue weighted by Crippen LogP contribution is 2.19. The molecule has 0 radical (unpaired) electrons. The second-order valence-electron chi connectivity index (χ2n) is 8.50. The molecule has 1 saturated heterocycles. The number of carbonyl (C=O) groups excluding carboxylic acids is 1. The van der Waals surface area contributed by atoms with E-state index in [9.17, 15) is 4.79 Å². The van der Waals surface area contributed by atoms with Crippen molar-refractivity contribution in [2.24, 2.45) is 5.41 Å². The number of carbonyl (C=O) groups is 1. The fraction of sp³-hybridized carbons (Fsp3) is 0.941. The summed E-state index contributed by atoms with van der Waals surface area (Å²) in [6.45, 7) is 18.7. The summed E-state index contributed by atoms with van der Waals surface area (Å²) < 4.78 is 0. The van der Waals surface area contributed by atoms with Crippen LogP contribution in [-0.4, -0.2) is 60.5 Å². The Labute approximate surface area is 131 Å². The maximum absolute atomic E-state index is 12.2. The van der Waals surface area contributed by atoms with Crippen LogP contribution in [-0.2, 0) is 4.79 Å². The van der Waals surface area contributed by atoms with Crippen molar-refractivity contribution in [3.8, 4) is 0 Å². The lowest BCUT2D eigenvalue weighted by atomic mass is 9.92. The molecule has 0 bridgehead atoms. The van der Waals surface area contributed by atoms with E-state index >= 15 is 0 Å². The Morgan fingerprint density at radius 3 is 2.24 bits per heavy atom. The number of rotatable bonds is 6. The monoisotopic (exact) mass is 297 g/mol. The summed E-state index contributed by atoms with van der Waals surface area (Å²) in [7, 11) is 0. The second kappa shape index (κ2) is 7.59. The van der Waals surface area contributed by atoms with Crippen LogP contribution in [0.3, 0.4) is 0 Å². The molecule has 1 rings (SSSR count). The molecule has 1 amide bonds. The zero-order valence-electron chi connectivity index (χ0n) is 15.0. The Balaban J connectivity index is 2.22. The minimum absolute atomic E-state index is 0.162. The lowest BCUT2D eigenvalue weighted by molar-refractivity contribution is -0.136. The van der Waals surface area contributed by atoms with Crippen LogP contribution in [0.4, 0.5) is 0 Å². The first-order valence-electron chi connectivity index (χ1n) is 8.32.